The predicted molar refractivity (Wildman–Crippen MR) is 107 cm³/mol. The van der Waals surface area contributed by atoms with E-state index in [2.05, 4.69) is 31.2 Å². The molecule has 0 aromatic heterocycles. The number of nitrogens with zero attached hydrogens (tertiary/aromatic N) is 2. The van der Waals surface area contributed by atoms with Gasteiger partial charge in [-0.3, -0.25) is 10.7 Å². The summed E-state index contributed by atoms with van der Waals surface area (Å²) in [6.45, 7) is 4.96. The van der Waals surface area contributed by atoms with Crippen LogP contribution in [0.25, 0.3) is 5.41 Å². The third-order valence-electron chi connectivity index (χ3n) is 6.30. The van der Waals surface area contributed by atoms with Crippen LogP contribution in [0, 0.1) is 28.6 Å². The number of rotatable bonds is 1. The zero-order valence-corrected chi connectivity index (χ0v) is 16.8. The first kappa shape index (κ1) is 20.8. The van der Waals surface area contributed by atoms with E-state index in [1.165, 1.54) is 32.4 Å². The molecule has 3 fully saturated rings. The standard InChI is InChI=1S/C14H16N3OS.C6H13N/c1-2-9-3-5-14(6-4-9)10(7-15)12(18)17-13(19)11(14)8-16;1-7-5-3-2-4-6-7/h9-10H,2-6H2,1H3,(H,17,18,19);2-6H2,1H3/q-1;/p+1. The van der Waals surface area contributed by atoms with Crippen LogP contribution in [0.3, 0.4) is 0 Å². The van der Waals surface area contributed by atoms with Gasteiger partial charge in [0.1, 0.15) is 10.9 Å². The third kappa shape index (κ3) is 4.40. The van der Waals surface area contributed by atoms with E-state index in [4.69, 9.17) is 12.2 Å². The summed E-state index contributed by atoms with van der Waals surface area (Å²) in [6.07, 6.45) is 8.80. The molecule has 1 aliphatic carbocycles. The van der Waals surface area contributed by atoms with Gasteiger partial charge in [0.25, 0.3) is 0 Å². The molecular weight excluding hydrogens is 344 g/mol. The van der Waals surface area contributed by atoms with Crippen molar-refractivity contribution < 1.29 is 9.69 Å². The first-order valence-electron chi connectivity index (χ1n) is 9.82. The lowest BCUT2D eigenvalue weighted by atomic mass is 9.58. The van der Waals surface area contributed by atoms with Crippen molar-refractivity contribution in [2.45, 2.75) is 58.3 Å². The number of nitrogens with one attached hydrogen (secondary N) is 2. The Morgan fingerprint density at radius 2 is 1.92 bits per heavy atom. The quantitative estimate of drug-likeness (QED) is 0.419. The topological polar surface area (TPSA) is 79.6 Å². The number of carbonyl (C=O) groups is 1. The highest BCUT2D eigenvalue weighted by Crippen LogP contribution is 2.51. The SMILES string of the molecule is CCC1CCC2(CC1)C(=C=[N-])C(=S)NC(=O)C2C#N.C[NH+]1CCCCC1. The second-order valence-corrected chi connectivity index (χ2v) is 8.30. The molecule has 1 spiro atoms. The summed E-state index contributed by atoms with van der Waals surface area (Å²) in [6, 6.07) is 2.09. The molecule has 0 bridgehead atoms. The molecule has 3 aliphatic rings. The van der Waals surface area contributed by atoms with Crippen molar-refractivity contribution in [2.75, 3.05) is 20.1 Å². The van der Waals surface area contributed by atoms with Gasteiger partial charge >= 0.3 is 0 Å². The second-order valence-electron chi connectivity index (χ2n) is 7.89. The van der Waals surface area contributed by atoms with Crippen LogP contribution in [0.2, 0.25) is 0 Å². The summed E-state index contributed by atoms with van der Waals surface area (Å²) in [7, 11) is 2.28. The highest BCUT2D eigenvalue weighted by Gasteiger charge is 2.51. The average Bonchev–Trinajstić information content (AvgIpc) is 2.64. The second kappa shape index (κ2) is 9.41. The first-order chi connectivity index (χ1) is 12.5. The fourth-order valence-corrected chi connectivity index (χ4v) is 4.86. The van der Waals surface area contributed by atoms with Crippen molar-refractivity contribution in [3.63, 3.8) is 0 Å². The van der Waals surface area contributed by atoms with Crippen LogP contribution in [0.5, 0.6) is 0 Å². The number of hydrogen-bond acceptors (Lipinski definition) is 3. The van der Waals surface area contributed by atoms with Crippen molar-refractivity contribution in [1.29, 1.82) is 5.26 Å². The minimum Gasteiger partial charge on any atom is -0.763 e. The summed E-state index contributed by atoms with van der Waals surface area (Å²) in [5.74, 6) is 1.64. The van der Waals surface area contributed by atoms with E-state index < -0.39 is 11.3 Å². The zero-order valence-electron chi connectivity index (χ0n) is 15.9. The Hall–Kier alpha value is -1.54. The number of thiocarbonyl (C=S) groups is 1. The minimum absolute atomic E-state index is 0.217. The predicted octanol–water partition coefficient (Wildman–Crippen LogP) is 2.02. The molecule has 0 radical (unpaired) electrons. The van der Waals surface area contributed by atoms with E-state index in [-0.39, 0.29) is 10.9 Å². The number of likely N-dealkylation sites (tertiary alicyclic amines) is 1. The summed E-state index contributed by atoms with van der Waals surface area (Å²) in [5, 5.41) is 21.2. The molecule has 1 amide bonds. The maximum Gasteiger partial charge on any atom is 0.243 e. The van der Waals surface area contributed by atoms with Gasteiger partial charge in [-0.1, -0.05) is 25.6 Å². The van der Waals surface area contributed by atoms with Gasteiger partial charge in [0.15, 0.2) is 0 Å². The van der Waals surface area contributed by atoms with Crippen LogP contribution >= 0.6 is 12.2 Å². The van der Waals surface area contributed by atoms with Crippen molar-refractivity contribution in [3.8, 4) is 6.07 Å². The lowest BCUT2D eigenvalue weighted by Gasteiger charge is -2.46. The molecule has 1 unspecified atom stereocenters. The van der Waals surface area contributed by atoms with E-state index in [0.29, 0.717) is 24.3 Å². The van der Waals surface area contributed by atoms with E-state index in [0.717, 1.165) is 19.3 Å². The Balaban J connectivity index is 0.000000290. The average molecular weight is 375 g/mol. The van der Waals surface area contributed by atoms with Crippen molar-refractivity contribution in [2.24, 2.45) is 17.3 Å². The highest BCUT2D eigenvalue weighted by atomic mass is 32.1. The monoisotopic (exact) mass is 374 g/mol. The Morgan fingerprint density at radius 1 is 1.31 bits per heavy atom. The molecule has 26 heavy (non-hydrogen) atoms. The molecule has 142 valence electrons. The molecule has 5 nitrogen and oxygen atoms in total. The van der Waals surface area contributed by atoms with Gasteiger partial charge in [-0.15, -0.1) is 0 Å². The van der Waals surface area contributed by atoms with Crippen LogP contribution in [-0.4, -0.2) is 36.9 Å². The van der Waals surface area contributed by atoms with Gasteiger partial charge < -0.3 is 15.6 Å². The molecule has 3 rings (SSSR count). The molecule has 1 atom stereocenters. The normalized spacial score (nSPS) is 32.1. The Kier molecular flexibility index (Phi) is 7.52. The molecule has 2 heterocycles. The molecule has 6 heteroatoms. The Labute approximate surface area is 162 Å². The van der Waals surface area contributed by atoms with E-state index in [1.807, 2.05) is 0 Å². The van der Waals surface area contributed by atoms with Crippen LogP contribution in [0.4, 0.5) is 0 Å². The maximum absolute atomic E-state index is 12.0. The van der Waals surface area contributed by atoms with E-state index >= 15 is 0 Å². The summed E-state index contributed by atoms with van der Waals surface area (Å²) in [4.78, 5) is 13.9. The summed E-state index contributed by atoms with van der Waals surface area (Å²) >= 11 is 5.11. The van der Waals surface area contributed by atoms with Crippen molar-refractivity contribution in [1.82, 2.24) is 5.32 Å². The van der Waals surface area contributed by atoms with Crippen molar-refractivity contribution in [3.05, 3.63) is 11.0 Å². The number of nitriles is 1. The largest absolute Gasteiger partial charge is 0.763 e. The third-order valence-corrected chi connectivity index (χ3v) is 6.61. The molecule has 2 saturated heterocycles. The fraction of sp³-hybridized carbons (Fsp3) is 0.750. The number of piperidine rings is 2. The van der Waals surface area contributed by atoms with Crippen LogP contribution in [0.15, 0.2) is 5.57 Å². The molecule has 1 saturated carbocycles. The van der Waals surface area contributed by atoms with Gasteiger partial charge in [0.2, 0.25) is 5.91 Å². The smallest absolute Gasteiger partial charge is 0.243 e. The molecule has 0 aromatic rings. The molecular formula is C20H30N4OS. The summed E-state index contributed by atoms with van der Waals surface area (Å²) < 4.78 is 0. The number of amides is 1. The first-order valence-corrected chi connectivity index (χ1v) is 10.2. The van der Waals surface area contributed by atoms with E-state index in [1.54, 1.807) is 4.90 Å². The van der Waals surface area contributed by atoms with Gasteiger partial charge in [-0.2, -0.15) is 5.26 Å². The van der Waals surface area contributed by atoms with E-state index in [9.17, 15) is 15.5 Å². The minimum atomic E-state index is -0.786. The Bertz CT molecular complexity index is 618. The van der Waals surface area contributed by atoms with Crippen LogP contribution < -0.4 is 10.2 Å². The number of quaternary nitrogens is 1. The molecule has 2 N–H and O–H groups in total. The highest BCUT2D eigenvalue weighted by molar-refractivity contribution is 7.80. The van der Waals surface area contributed by atoms with Crippen LogP contribution in [0.1, 0.15) is 58.3 Å². The Morgan fingerprint density at radius 3 is 2.35 bits per heavy atom. The fourth-order valence-electron chi connectivity index (χ4n) is 4.51. The van der Waals surface area contributed by atoms with Gasteiger partial charge in [-0.05, 0) is 50.9 Å². The van der Waals surface area contributed by atoms with Gasteiger partial charge in [-0.25, -0.2) is 0 Å². The van der Waals surface area contributed by atoms with Gasteiger partial charge in [0, 0.05) is 11.0 Å². The van der Waals surface area contributed by atoms with Crippen molar-refractivity contribution >= 4 is 29.0 Å². The molecule has 0 aromatic carbocycles. The number of carbonyl (C=O) groups excluding carboxylic acids is 1. The maximum atomic E-state index is 12.0. The lowest BCUT2D eigenvalue weighted by molar-refractivity contribution is -0.884. The van der Waals surface area contributed by atoms with Crippen LogP contribution in [-0.2, 0) is 4.79 Å². The summed E-state index contributed by atoms with van der Waals surface area (Å²) in [5.41, 5.74) is -0.211. The number of hydrogen-bond donors (Lipinski definition) is 2. The lowest BCUT2D eigenvalue weighted by Crippen LogP contribution is -3.09. The van der Waals surface area contributed by atoms with Gasteiger partial charge in [0.05, 0.1) is 26.2 Å². The molecule has 2 aliphatic heterocycles. The zero-order chi connectivity index (χ0) is 19.2.